The van der Waals surface area contributed by atoms with Crippen molar-refractivity contribution >= 4 is 29.1 Å². The number of ether oxygens (including phenoxy) is 1. The van der Waals surface area contributed by atoms with Crippen molar-refractivity contribution in [3.63, 3.8) is 0 Å². The van der Waals surface area contributed by atoms with Crippen molar-refractivity contribution < 1.29 is 19.1 Å². The van der Waals surface area contributed by atoms with Crippen LogP contribution in [0.15, 0.2) is 78.9 Å². The summed E-state index contributed by atoms with van der Waals surface area (Å²) < 4.78 is 5.75. The molecule has 3 aromatic carbocycles. The maximum Gasteiger partial charge on any atom is 0.267 e. The van der Waals surface area contributed by atoms with Crippen molar-refractivity contribution in [2.24, 2.45) is 0 Å². The molecule has 3 aromatic rings. The van der Waals surface area contributed by atoms with E-state index in [1.54, 1.807) is 54.3 Å². The molecule has 0 bridgehead atoms. The molecule has 1 atom stereocenters. The number of rotatable bonds is 7. The summed E-state index contributed by atoms with van der Waals surface area (Å²) in [6.45, 7) is 2.05. The summed E-state index contributed by atoms with van der Waals surface area (Å²) in [6, 6.07) is 23.8. The average Bonchev–Trinajstić information content (AvgIpc) is 2.84. The van der Waals surface area contributed by atoms with Gasteiger partial charge in [0.15, 0.2) is 6.10 Å². The van der Waals surface area contributed by atoms with Crippen LogP contribution in [0, 0.1) is 0 Å². The third-order valence-electron chi connectivity index (χ3n) is 5.36. The van der Waals surface area contributed by atoms with Crippen LogP contribution >= 0.6 is 0 Å². The lowest BCUT2D eigenvalue weighted by molar-refractivity contribution is -0.125. The van der Waals surface area contributed by atoms with Crippen LogP contribution in [0.2, 0.25) is 0 Å². The number of nitrogens with one attached hydrogen (secondary N) is 2. The van der Waals surface area contributed by atoms with E-state index >= 15 is 0 Å². The number of benzene rings is 3. The van der Waals surface area contributed by atoms with E-state index in [-0.39, 0.29) is 24.3 Å². The Hall–Kier alpha value is -4.13. The van der Waals surface area contributed by atoms with Crippen LogP contribution in [0.25, 0.3) is 0 Å². The van der Waals surface area contributed by atoms with Crippen molar-refractivity contribution in [3.8, 4) is 5.75 Å². The number of fused-ring (bicyclic) bond motifs is 1. The molecule has 0 spiro atoms. The van der Waals surface area contributed by atoms with Gasteiger partial charge >= 0.3 is 0 Å². The van der Waals surface area contributed by atoms with Crippen LogP contribution in [0.5, 0.6) is 5.75 Å². The topological polar surface area (TPSA) is 87.7 Å². The van der Waals surface area contributed by atoms with E-state index in [4.69, 9.17) is 4.74 Å². The van der Waals surface area contributed by atoms with Gasteiger partial charge in [0, 0.05) is 17.8 Å². The summed E-state index contributed by atoms with van der Waals surface area (Å²) in [6.07, 6.45) is 0.114. The van der Waals surface area contributed by atoms with E-state index in [2.05, 4.69) is 10.6 Å². The average molecular weight is 444 g/mol. The van der Waals surface area contributed by atoms with Crippen LogP contribution in [-0.4, -0.2) is 36.9 Å². The SMILES string of the molecule is CC1Oc2ccc(NC(=O)CNC(=O)c3ccccc3)cc2N(CCc2ccccc2)C1=O. The van der Waals surface area contributed by atoms with Gasteiger partial charge in [-0.3, -0.25) is 14.4 Å². The minimum absolute atomic E-state index is 0.128. The molecule has 33 heavy (non-hydrogen) atoms. The summed E-state index contributed by atoms with van der Waals surface area (Å²) in [7, 11) is 0. The molecule has 0 saturated carbocycles. The van der Waals surface area contributed by atoms with Crippen molar-refractivity contribution in [2.75, 3.05) is 23.3 Å². The molecule has 7 heteroatoms. The molecular formula is C26H25N3O4. The first-order valence-electron chi connectivity index (χ1n) is 10.8. The van der Waals surface area contributed by atoms with Crippen molar-refractivity contribution in [2.45, 2.75) is 19.4 Å². The Morgan fingerprint density at radius 3 is 2.39 bits per heavy atom. The largest absolute Gasteiger partial charge is 0.479 e. The lowest BCUT2D eigenvalue weighted by Crippen LogP contribution is -2.45. The third-order valence-corrected chi connectivity index (χ3v) is 5.36. The molecule has 2 N–H and O–H groups in total. The van der Waals surface area contributed by atoms with Gasteiger partial charge in [-0.05, 0) is 49.2 Å². The van der Waals surface area contributed by atoms with Crippen LogP contribution in [0.4, 0.5) is 11.4 Å². The second-order valence-electron chi connectivity index (χ2n) is 7.76. The van der Waals surface area contributed by atoms with Gasteiger partial charge in [0.25, 0.3) is 11.8 Å². The van der Waals surface area contributed by atoms with Gasteiger partial charge in [-0.2, -0.15) is 0 Å². The van der Waals surface area contributed by atoms with Crippen LogP contribution in [-0.2, 0) is 16.0 Å². The molecule has 7 nitrogen and oxygen atoms in total. The normalized spacial score (nSPS) is 14.8. The summed E-state index contributed by atoms with van der Waals surface area (Å²) >= 11 is 0. The number of hydrogen-bond acceptors (Lipinski definition) is 4. The Morgan fingerprint density at radius 1 is 0.970 bits per heavy atom. The predicted octanol–water partition coefficient (Wildman–Crippen LogP) is 3.41. The van der Waals surface area contributed by atoms with E-state index < -0.39 is 6.10 Å². The highest BCUT2D eigenvalue weighted by molar-refractivity contribution is 6.02. The molecule has 0 fully saturated rings. The van der Waals surface area contributed by atoms with Crippen LogP contribution < -0.4 is 20.3 Å². The number of carbonyl (C=O) groups is 3. The molecule has 0 saturated heterocycles. The third kappa shape index (κ3) is 5.38. The van der Waals surface area contributed by atoms with E-state index in [0.717, 1.165) is 5.56 Å². The summed E-state index contributed by atoms with van der Waals surface area (Å²) in [5, 5.41) is 5.37. The van der Waals surface area contributed by atoms with E-state index in [1.807, 2.05) is 36.4 Å². The standard InChI is InChI=1S/C26H25N3O4/c1-18-26(32)29(15-14-19-8-4-2-5-9-19)22-16-21(12-13-23(22)33-18)28-24(30)17-27-25(31)20-10-6-3-7-11-20/h2-13,16,18H,14-15,17H2,1H3,(H,27,31)(H,28,30). The molecule has 0 aliphatic carbocycles. The van der Waals surface area contributed by atoms with E-state index in [0.29, 0.717) is 35.7 Å². The zero-order valence-corrected chi connectivity index (χ0v) is 18.3. The van der Waals surface area contributed by atoms with E-state index in [9.17, 15) is 14.4 Å². The first-order chi connectivity index (χ1) is 16.0. The van der Waals surface area contributed by atoms with Crippen LogP contribution in [0.1, 0.15) is 22.8 Å². The zero-order chi connectivity index (χ0) is 23.2. The molecule has 1 aliphatic rings. The second kappa shape index (κ2) is 9.99. The highest BCUT2D eigenvalue weighted by Gasteiger charge is 2.31. The number of amides is 3. The van der Waals surface area contributed by atoms with Gasteiger partial charge < -0.3 is 20.3 Å². The summed E-state index contributed by atoms with van der Waals surface area (Å²) in [5.74, 6) is -0.231. The Morgan fingerprint density at radius 2 is 1.67 bits per heavy atom. The molecule has 1 aliphatic heterocycles. The smallest absolute Gasteiger partial charge is 0.267 e. The highest BCUT2D eigenvalue weighted by Crippen LogP contribution is 2.36. The minimum Gasteiger partial charge on any atom is -0.479 e. The molecule has 0 aromatic heterocycles. The fourth-order valence-corrected chi connectivity index (χ4v) is 3.66. The van der Waals surface area contributed by atoms with Crippen molar-refractivity contribution in [1.29, 1.82) is 0 Å². The first kappa shape index (κ1) is 22.1. The van der Waals surface area contributed by atoms with Gasteiger partial charge in [-0.15, -0.1) is 0 Å². The maximum absolute atomic E-state index is 12.8. The Labute approximate surface area is 192 Å². The van der Waals surface area contributed by atoms with Crippen molar-refractivity contribution in [1.82, 2.24) is 5.32 Å². The molecule has 4 rings (SSSR count). The Bertz CT molecular complexity index is 1150. The number of nitrogens with zero attached hydrogens (tertiary/aromatic N) is 1. The number of hydrogen-bond donors (Lipinski definition) is 2. The molecule has 1 unspecified atom stereocenters. The maximum atomic E-state index is 12.8. The lowest BCUT2D eigenvalue weighted by Gasteiger charge is -2.33. The lowest BCUT2D eigenvalue weighted by atomic mass is 10.1. The fraction of sp³-hybridized carbons (Fsp3) is 0.192. The Kier molecular flexibility index (Phi) is 6.69. The number of anilines is 2. The van der Waals surface area contributed by atoms with Crippen LogP contribution in [0.3, 0.4) is 0 Å². The Balaban J connectivity index is 1.43. The fourth-order valence-electron chi connectivity index (χ4n) is 3.66. The molecule has 3 amide bonds. The summed E-state index contributed by atoms with van der Waals surface area (Å²) in [4.78, 5) is 39.0. The second-order valence-corrected chi connectivity index (χ2v) is 7.76. The van der Waals surface area contributed by atoms with Gasteiger partial charge in [0.2, 0.25) is 5.91 Å². The van der Waals surface area contributed by atoms with Gasteiger partial charge in [0.1, 0.15) is 5.75 Å². The highest BCUT2D eigenvalue weighted by atomic mass is 16.5. The van der Waals surface area contributed by atoms with Gasteiger partial charge in [-0.1, -0.05) is 48.5 Å². The monoisotopic (exact) mass is 443 g/mol. The quantitative estimate of drug-likeness (QED) is 0.586. The van der Waals surface area contributed by atoms with Gasteiger partial charge in [0.05, 0.1) is 12.2 Å². The van der Waals surface area contributed by atoms with E-state index in [1.165, 1.54) is 0 Å². The minimum atomic E-state index is -0.582. The number of carbonyl (C=O) groups excluding carboxylic acids is 3. The molecule has 0 radical (unpaired) electrons. The van der Waals surface area contributed by atoms with Gasteiger partial charge in [-0.25, -0.2) is 0 Å². The predicted molar refractivity (Wildman–Crippen MR) is 126 cm³/mol. The summed E-state index contributed by atoms with van der Waals surface area (Å²) in [5.41, 5.74) is 2.74. The zero-order valence-electron chi connectivity index (χ0n) is 18.3. The molecular weight excluding hydrogens is 418 g/mol. The van der Waals surface area contributed by atoms with Crippen molar-refractivity contribution in [3.05, 3.63) is 90.0 Å². The molecule has 168 valence electrons. The first-order valence-corrected chi connectivity index (χ1v) is 10.8. The molecule has 1 heterocycles.